The van der Waals surface area contributed by atoms with Crippen LogP contribution in [0, 0.1) is 0 Å². The number of esters is 1. The number of piperidine rings is 1. The van der Waals surface area contributed by atoms with E-state index >= 15 is 0 Å². The minimum Gasteiger partial charge on any atom is -0.465 e. The van der Waals surface area contributed by atoms with Gasteiger partial charge in [0.25, 0.3) is 0 Å². The summed E-state index contributed by atoms with van der Waals surface area (Å²) >= 11 is 0. The first kappa shape index (κ1) is 20.9. The molecule has 1 amide bonds. The maximum Gasteiger partial charge on any atom is 0.410 e. The molecule has 29 heavy (non-hydrogen) atoms. The van der Waals surface area contributed by atoms with Crippen LogP contribution in [0.15, 0.2) is 30.3 Å². The fourth-order valence-electron chi connectivity index (χ4n) is 3.50. The lowest BCUT2D eigenvalue weighted by molar-refractivity contribution is 0.0200. The standard InChI is InChI=1S/C22H29N3O4/c1-22(2,3)29-21(27)24(4)17-10-12-25(13-11-17)19-9-7-15-14-16(20(26)28-5)6-8-18(15)23-19/h6-9,14,17H,10-13H2,1-5H3. The van der Waals surface area contributed by atoms with Gasteiger partial charge >= 0.3 is 12.1 Å². The maximum absolute atomic E-state index is 12.3. The van der Waals surface area contributed by atoms with Crippen molar-refractivity contribution in [2.24, 2.45) is 0 Å². The van der Waals surface area contributed by atoms with Gasteiger partial charge in [0.2, 0.25) is 0 Å². The van der Waals surface area contributed by atoms with Gasteiger partial charge in [-0.15, -0.1) is 0 Å². The van der Waals surface area contributed by atoms with Crippen molar-refractivity contribution < 1.29 is 19.1 Å². The second-order valence-electron chi connectivity index (χ2n) is 8.38. The molecule has 0 spiro atoms. The molecule has 0 aliphatic carbocycles. The second kappa shape index (κ2) is 8.27. The molecule has 0 N–H and O–H groups in total. The second-order valence-corrected chi connectivity index (χ2v) is 8.38. The third kappa shape index (κ3) is 4.96. The molecule has 0 radical (unpaired) electrons. The van der Waals surface area contributed by atoms with Gasteiger partial charge in [0.15, 0.2) is 0 Å². The van der Waals surface area contributed by atoms with Gasteiger partial charge in [0, 0.05) is 31.6 Å². The molecule has 2 aromatic rings. The highest BCUT2D eigenvalue weighted by Crippen LogP contribution is 2.24. The SMILES string of the molecule is COC(=O)c1ccc2nc(N3CCC(N(C)C(=O)OC(C)(C)C)CC3)ccc2c1. The number of anilines is 1. The highest BCUT2D eigenvalue weighted by Gasteiger charge is 2.29. The zero-order chi connectivity index (χ0) is 21.2. The maximum atomic E-state index is 12.3. The largest absolute Gasteiger partial charge is 0.465 e. The van der Waals surface area contributed by atoms with Crippen molar-refractivity contribution in [2.45, 2.75) is 45.3 Å². The van der Waals surface area contributed by atoms with Crippen LogP contribution in [-0.4, -0.2) is 60.8 Å². The predicted octanol–water partition coefficient (Wildman–Crippen LogP) is 3.86. The molecule has 1 aromatic carbocycles. The number of ether oxygens (including phenoxy) is 2. The summed E-state index contributed by atoms with van der Waals surface area (Å²) in [5.41, 5.74) is 0.859. The molecule has 1 fully saturated rings. The van der Waals surface area contributed by atoms with Crippen molar-refractivity contribution >= 4 is 28.8 Å². The number of nitrogens with zero attached hydrogens (tertiary/aromatic N) is 3. The number of carbonyl (C=O) groups is 2. The first-order chi connectivity index (χ1) is 13.7. The van der Waals surface area contributed by atoms with Crippen LogP contribution in [0.25, 0.3) is 10.9 Å². The van der Waals surface area contributed by atoms with Crippen LogP contribution >= 0.6 is 0 Å². The van der Waals surface area contributed by atoms with E-state index in [1.807, 2.05) is 46.0 Å². The molecule has 156 valence electrons. The van der Waals surface area contributed by atoms with Crippen molar-refractivity contribution in [3.05, 3.63) is 35.9 Å². The topological polar surface area (TPSA) is 72.0 Å². The fourth-order valence-corrected chi connectivity index (χ4v) is 3.50. The molecular formula is C22H29N3O4. The van der Waals surface area contributed by atoms with Crippen molar-refractivity contribution in [3.8, 4) is 0 Å². The van der Waals surface area contributed by atoms with E-state index < -0.39 is 5.60 Å². The Balaban J connectivity index is 1.65. The Morgan fingerprint density at radius 3 is 2.45 bits per heavy atom. The molecule has 1 aromatic heterocycles. The summed E-state index contributed by atoms with van der Waals surface area (Å²) in [5, 5.41) is 0.899. The van der Waals surface area contributed by atoms with Gasteiger partial charge in [-0.3, -0.25) is 0 Å². The van der Waals surface area contributed by atoms with E-state index in [1.54, 1.807) is 17.0 Å². The number of methoxy groups -OCH3 is 1. The van der Waals surface area contributed by atoms with E-state index in [0.29, 0.717) is 5.56 Å². The number of rotatable bonds is 3. The summed E-state index contributed by atoms with van der Waals surface area (Å²) in [5.74, 6) is 0.550. The van der Waals surface area contributed by atoms with Gasteiger partial charge in [0.1, 0.15) is 11.4 Å². The lowest BCUT2D eigenvalue weighted by Gasteiger charge is -2.37. The Hall–Kier alpha value is -2.83. The Labute approximate surface area is 171 Å². The number of benzene rings is 1. The molecule has 7 nitrogen and oxygen atoms in total. The molecule has 0 saturated carbocycles. The Bertz CT molecular complexity index is 899. The number of fused-ring (bicyclic) bond motifs is 1. The highest BCUT2D eigenvalue weighted by atomic mass is 16.6. The van der Waals surface area contributed by atoms with Gasteiger partial charge in [-0.05, 0) is 63.9 Å². The van der Waals surface area contributed by atoms with Gasteiger partial charge < -0.3 is 19.3 Å². The van der Waals surface area contributed by atoms with Crippen LogP contribution < -0.4 is 4.90 Å². The first-order valence-electron chi connectivity index (χ1n) is 9.88. The van der Waals surface area contributed by atoms with Crippen molar-refractivity contribution in [2.75, 3.05) is 32.1 Å². The zero-order valence-electron chi connectivity index (χ0n) is 17.8. The fraction of sp³-hybridized carbons (Fsp3) is 0.500. The van der Waals surface area contributed by atoms with E-state index in [1.165, 1.54) is 7.11 Å². The number of carbonyl (C=O) groups excluding carboxylic acids is 2. The number of aromatic nitrogens is 1. The molecule has 7 heteroatoms. The molecule has 0 unspecified atom stereocenters. The van der Waals surface area contributed by atoms with Crippen molar-refractivity contribution in [1.29, 1.82) is 0 Å². The smallest absolute Gasteiger partial charge is 0.410 e. The number of hydrogen-bond donors (Lipinski definition) is 0. The zero-order valence-corrected chi connectivity index (χ0v) is 17.8. The third-order valence-electron chi connectivity index (χ3n) is 5.11. The monoisotopic (exact) mass is 399 g/mol. The average molecular weight is 399 g/mol. The van der Waals surface area contributed by atoms with Crippen molar-refractivity contribution in [1.82, 2.24) is 9.88 Å². The summed E-state index contributed by atoms with van der Waals surface area (Å²) < 4.78 is 10.2. The van der Waals surface area contributed by atoms with E-state index in [-0.39, 0.29) is 18.1 Å². The van der Waals surface area contributed by atoms with Gasteiger partial charge in [-0.1, -0.05) is 0 Å². The van der Waals surface area contributed by atoms with E-state index in [2.05, 4.69) is 4.90 Å². The van der Waals surface area contributed by atoms with Crippen LogP contribution in [0.3, 0.4) is 0 Å². The average Bonchev–Trinajstić information content (AvgIpc) is 2.70. The predicted molar refractivity (Wildman–Crippen MR) is 112 cm³/mol. The summed E-state index contributed by atoms with van der Waals surface area (Å²) in [6.45, 7) is 7.26. The van der Waals surface area contributed by atoms with Crippen LogP contribution in [0.2, 0.25) is 0 Å². The normalized spacial score (nSPS) is 15.3. The van der Waals surface area contributed by atoms with Crippen LogP contribution in [-0.2, 0) is 9.47 Å². The van der Waals surface area contributed by atoms with E-state index in [9.17, 15) is 9.59 Å². The quantitative estimate of drug-likeness (QED) is 0.730. The molecule has 1 saturated heterocycles. The lowest BCUT2D eigenvalue weighted by Crippen LogP contribution is -2.47. The minimum atomic E-state index is -0.491. The minimum absolute atomic E-state index is 0.157. The number of pyridine rings is 1. The molecule has 2 heterocycles. The summed E-state index contributed by atoms with van der Waals surface area (Å²) in [7, 11) is 3.18. The Morgan fingerprint density at radius 2 is 1.83 bits per heavy atom. The van der Waals surface area contributed by atoms with Crippen LogP contribution in [0.1, 0.15) is 44.0 Å². The third-order valence-corrected chi connectivity index (χ3v) is 5.11. The molecule has 0 atom stereocenters. The molecule has 0 bridgehead atoms. The number of hydrogen-bond acceptors (Lipinski definition) is 6. The van der Waals surface area contributed by atoms with E-state index in [0.717, 1.165) is 42.7 Å². The Morgan fingerprint density at radius 1 is 1.14 bits per heavy atom. The van der Waals surface area contributed by atoms with Crippen LogP contribution in [0.5, 0.6) is 0 Å². The highest BCUT2D eigenvalue weighted by molar-refractivity contribution is 5.94. The van der Waals surface area contributed by atoms with Crippen LogP contribution in [0.4, 0.5) is 10.6 Å². The van der Waals surface area contributed by atoms with E-state index in [4.69, 9.17) is 14.5 Å². The van der Waals surface area contributed by atoms with Gasteiger partial charge in [0.05, 0.1) is 18.2 Å². The number of amides is 1. The van der Waals surface area contributed by atoms with Gasteiger partial charge in [-0.25, -0.2) is 14.6 Å². The summed E-state index contributed by atoms with van der Waals surface area (Å²) in [4.78, 5) is 32.7. The Kier molecular flexibility index (Phi) is 5.96. The summed E-state index contributed by atoms with van der Waals surface area (Å²) in [6.07, 6.45) is 1.44. The lowest BCUT2D eigenvalue weighted by atomic mass is 10.0. The van der Waals surface area contributed by atoms with Crippen molar-refractivity contribution in [3.63, 3.8) is 0 Å². The van der Waals surface area contributed by atoms with Gasteiger partial charge in [-0.2, -0.15) is 0 Å². The summed E-state index contributed by atoms with van der Waals surface area (Å²) in [6, 6.07) is 9.47. The molecule has 3 rings (SSSR count). The molecule has 1 aliphatic heterocycles. The molecule has 1 aliphatic rings. The first-order valence-corrected chi connectivity index (χ1v) is 9.88. The molecular weight excluding hydrogens is 370 g/mol.